The maximum Gasteiger partial charge on any atom is 0.212 e. The first-order valence-corrected chi connectivity index (χ1v) is 5.36. The highest BCUT2D eigenvalue weighted by atomic mass is 79.9. The lowest BCUT2D eigenvalue weighted by Gasteiger charge is -2.08. The lowest BCUT2D eigenvalue weighted by atomic mass is 10.3. The number of nitrogens with two attached hydrogens (primary N) is 1. The SMILES string of the molecule is Cn1nnc(COc2c(N)cccc2Br)n1. The third kappa shape index (κ3) is 2.30. The minimum absolute atomic E-state index is 0.237. The van der Waals surface area contributed by atoms with Gasteiger partial charge in [-0.25, -0.2) is 0 Å². The summed E-state index contributed by atoms with van der Waals surface area (Å²) in [5.41, 5.74) is 6.34. The summed E-state index contributed by atoms with van der Waals surface area (Å²) < 4.78 is 6.32. The number of halogens is 1. The van der Waals surface area contributed by atoms with E-state index in [9.17, 15) is 0 Å². The van der Waals surface area contributed by atoms with E-state index in [1.165, 1.54) is 4.80 Å². The maximum atomic E-state index is 5.77. The van der Waals surface area contributed by atoms with E-state index in [-0.39, 0.29) is 6.61 Å². The second-order valence-corrected chi connectivity index (χ2v) is 4.00. The van der Waals surface area contributed by atoms with Gasteiger partial charge in [-0.05, 0) is 33.3 Å². The molecule has 0 spiro atoms. The van der Waals surface area contributed by atoms with Crippen molar-refractivity contribution < 1.29 is 4.74 Å². The van der Waals surface area contributed by atoms with Gasteiger partial charge in [-0.3, -0.25) is 0 Å². The normalized spacial score (nSPS) is 10.4. The molecular weight excluding hydrogens is 274 g/mol. The fourth-order valence-electron chi connectivity index (χ4n) is 1.20. The van der Waals surface area contributed by atoms with Crippen molar-refractivity contribution in [3.63, 3.8) is 0 Å². The number of nitrogen functional groups attached to an aromatic ring is 1. The summed E-state index contributed by atoms with van der Waals surface area (Å²) in [4.78, 5) is 1.38. The largest absolute Gasteiger partial charge is 0.482 e. The summed E-state index contributed by atoms with van der Waals surface area (Å²) in [7, 11) is 1.70. The number of hydrogen-bond donors (Lipinski definition) is 1. The summed E-state index contributed by atoms with van der Waals surface area (Å²) >= 11 is 3.36. The van der Waals surface area contributed by atoms with Crippen LogP contribution >= 0.6 is 15.9 Å². The number of aryl methyl sites for hydroxylation is 1. The van der Waals surface area contributed by atoms with E-state index in [1.807, 2.05) is 12.1 Å². The van der Waals surface area contributed by atoms with Crippen molar-refractivity contribution in [3.8, 4) is 5.75 Å². The molecule has 7 heteroatoms. The molecule has 0 atom stereocenters. The van der Waals surface area contributed by atoms with Gasteiger partial charge in [-0.15, -0.1) is 10.2 Å². The standard InChI is InChI=1S/C9H10BrN5O/c1-15-13-8(12-14-15)5-16-9-6(10)3-2-4-7(9)11/h2-4H,5,11H2,1H3. The van der Waals surface area contributed by atoms with Gasteiger partial charge < -0.3 is 10.5 Å². The van der Waals surface area contributed by atoms with Crippen LogP contribution in [0.25, 0.3) is 0 Å². The van der Waals surface area contributed by atoms with E-state index >= 15 is 0 Å². The van der Waals surface area contributed by atoms with Crippen LogP contribution in [0.4, 0.5) is 5.69 Å². The Balaban J connectivity index is 2.10. The van der Waals surface area contributed by atoms with Crippen LogP contribution in [-0.2, 0) is 13.7 Å². The van der Waals surface area contributed by atoms with Crippen LogP contribution in [-0.4, -0.2) is 20.2 Å². The average molecular weight is 284 g/mol. The summed E-state index contributed by atoms with van der Waals surface area (Å²) in [5, 5.41) is 11.5. The molecule has 1 aromatic heterocycles. The number of para-hydroxylation sites is 1. The summed E-state index contributed by atoms with van der Waals surface area (Å²) in [5.74, 6) is 1.10. The zero-order chi connectivity index (χ0) is 11.5. The van der Waals surface area contributed by atoms with Gasteiger partial charge in [0, 0.05) is 0 Å². The highest BCUT2D eigenvalue weighted by molar-refractivity contribution is 9.10. The van der Waals surface area contributed by atoms with Gasteiger partial charge >= 0.3 is 0 Å². The number of hydrogen-bond acceptors (Lipinski definition) is 5. The van der Waals surface area contributed by atoms with Crippen molar-refractivity contribution in [2.24, 2.45) is 7.05 Å². The Morgan fingerprint density at radius 3 is 2.94 bits per heavy atom. The van der Waals surface area contributed by atoms with Gasteiger partial charge in [-0.2, -0.15) is 4.80 Å². The molecule has 2 N–H and O–H groups in total. The van der Waals surface area contributed by atoms with E-state index in [1.54, 1.807) is 13.1 Å². The van der Waals surface area contributed by atoms with Crippen LogP contribution < -0.4 is 10.5 Å². The first kappa shape index (κ1) is 10.9. The third-order valence-electron chi connectivity index (χ3n) is 1.89. The van der Waals surface area contributed by atoms with Gasteiger partial charge in [0.2, 0.25) is 5.82 Å². The third-order valence-corrected chi connectivity index (χ3v) is 2.52. The molecule has 2 aromatic rings. The molecule has 0 aliphatic carbocycles. The van der Waals surface area contributed by atoms with Crippen molar-refractivity contribution in [1.82, 2.24) is 20.2 Å². The van der Waals surface area contributed by atoms with Gasteiger partial charge in [0.15, 0.2) is 12.4 Å². The number of aromatic nitrogens is 4. The molecule has 84 valence electrons. The highest BCUT2D eigenvalue weighted by Crippen LogP contribution is 2.31. The minimum Gasteiger partial charge on any atom is -0.482 e. The second-order valence-electron chi connectivity index (χ2n) is 3.14. The molecule has 6 nitrogen and oxygen atoms in total. The van der Waals surface area contributed by atoms with E-state index in [2.05, 4.69) is 31.3 Å². The van der Waals surface area contributed by atoms with Crippen LogP contribution in [0.5, 0.6) is 5.75 Å². The molecule has 2 rings (SSSR count). The number of benzene rings is 1. The monoisotopic (exact) mass is 283 g/mol. The van der Waals surface area contributed by atoms with Crippen molar-refractivity contribution in [3.05, 3.63) is 28.5 Å². The Labute approximate surface area is 101 Å². The second kappa shape index (κ2) is 4.48. The topological polar surface area (TPSA) is 78.8 Å². The smallest absolute Gasteiger partial charge is 0.212 e. The van der Waals surface area contributed by atoms with E-state index < -0.39 is 0 Å². The Bertz CT molecular complexity index is 478. The molecular formula is C9H10BrN5O. The van der Waals surface area contributed by atoms with Crippen molar-refractivity contribution in [2.75, 3.05) is 5.73 Å². The Hall–Kier alpha value is -1.63. The molecule has 0 amide bonds. The molecule has 0 fully saturated rings. The molecule has 0 saturated heterocycles. The Morgan fingerprint density at radius 2 is 2.31 bits per heavy atom. The zero-order valence-corrected chi connectivity index (χ0v) is 10.2. The molecule has 1 aromatic carbocycles. The number of nitrogens with zero attached hydrogens (tertiary/aromatic N) is 4. The number of anilines is 1. The Kier molecular flexibility index (Phi) is 3.04. The van der Waals surface area contributed by atoms with E-state index in [0.29, 0.717) is 17.3 Å². The fraction of sp³-hybridized carbons (Fsp3) is 0.222. The van der Waals surface area contributed by atoms with Crippen molar-refractivity contribution in [1.29, 1.82) is 0 Å². The predicted octanol–water partition coefficient (Wildman–Crippen LogP) is 1.13. The number of ether oxygens (including phenoxy) is 1. The summed E-state index contributed by atoms with van der Waals surface area (Å²) in [6.07, 6.45) is 0. The van der Waals surface area contributed by atoms with Crippen LogP contribution in [0, 0.1) is 0 Å². The molecule has 1 heterocycles. The number of rotatable bonds is 3. The van der Waals surface area contributed by atoms with Gasteiger partial charge in [0.05, 0.1) is 17.2 Å². The molecule has 0 unspecified atom stereocenters. The van der Waals surface area contributed by atoms with Crippen molar-refractivity contribution >= 4 is 21.6 Å². The van der Waals surface area contributed by atoms with E-state index in [0.717, 1.165) is 4.47 Å². The van der Waals surface area contributed by atoms with E-state index in [4.69, 9.17) is 10.5 Å². The minimum atomic E-state index is 0.237. The lowest BCUT2D eigenvalue weighted by molar-refractivity contribution is 0.295. The Morgan fingerprint density at radius 1 is 1.50 bits per heavy atom. The van der Waals surface area contributed by atoms with Crippen LogP contribution in [0.15, 0.2) is 22.7 Å². The molecule has 16 heavy (non-hydrogen) atoms. The molecule has 0 aliphatic heterocycles. The van der Waals surface area contributed by atoms with Crippen LogP contribution in [0.3, 0.4) is 0 Å². The average Bonchev–Trinajstić information content (AvgIpc) is 2.63. The molecule has 0 aliphatic rings. The van der Waals surface area contributed by atoms with Crippen molar-refractivity contribution in [2.45, 2.75) is 6.61 Å². The predicted molar refractivity (Wildman–Crippen MR) is 61.7 cm³/mol. The quantitative estimate of drug-likeness (QED) is 0.855. The molecule has 0 bridgehead atoms. The molecule has 0 saturated carbocycles. The summed E-state index contributed by atoms with van der Waals surface area (Å²) in [6.45, 7) is 0.237. The first-order valence-electron chi connectivity index (χ1n) is 4.56. The van der Waals surface area contributed by atoms with Crippen LogP contribution in [0.2, 0.25) is 0 Å². The fourth-order valence-corrected chi connectivity index (χ4v) is 1.69. The van der Waals surface area contributed by atoms with Gasteiger partial charge in [0.1, 0.15) is 0 Å². The zero-order valence-electron chi connectivity index (χ0n) is 8.59. The van der Waals surface area contributed by atoms with Crippen LogP contribution in [0.1, 0.15) is 5.82 Å². The highest BCUT2D eigenvalue weighted by Gasteiger charge is 2.07. The maximum absolute atomic E-state index is 5.77. The van der Waals surface area contributed by atoms with Gasteiger partial charge in [-0.1, -0.05) is 6.07 Å². The lowest BCUT2D eigenvalue weighted by Crippen LogP contribution is -2.01. The molecule has 0 radical (unpaired) electrons. The first-order chi connectivity index (χ1) is 7.66. The summed E-state index contributed by atoms with van der Waals surface area (Å²) in [6, 6.07) is 5.47. The number of tetrazole rings is 1. The van der Waals surface area contributed by atoms with Gasteiger partial charge in [0.25, 0.3) is 0 Å².